The van der Waals surface area contributed by atoms with E-state index in [1.807, 2.05) is 102 Å². The minimum Gasteiger partial charge on any atom is -0.325 e. The van der Waals surface area contributed by atoms with Crippen LogP contribution in [0, 0.1) is 6.92 Å². The van der Waals surface area contributed by atoms with Crippen molar-refractivity contribution in [2.24, 2.45) is 0 Å². The minimum atomic E-state index is -0.390. The van der Waals surface area contributed by atoms with Crippen molar-refractivity contribution in [3.05, 3.63) is 126 Å². The molecule has 0 fully saturated rings. The maximum Gasteiger partial charge on any atom is 0.236 e. The number of carbonyl (C=O) groups excluding carboxylic acids is 1. The molecule has 0 radical (unpaired) electrons. The van der Waals surface area contributed by atoms with E-state index in [9.17, 15) is 4.79 Å². The molecule has 5 aromatic rings. The number of aromatic nitrogens is 2. The molecule has 0 saturated heterocycles. The van der Waals surface area contributed by atoms with Crippen molar-refractivity contribution in [2.75, 3.05) is 5.32 Å². The first kappa shape index (κ1) is 19.8. The first-order valence-corrected chi connectivity index (χ1v) is 10.6. The number of rotatable bonds is 5. The van der Waals surface area contributed by atoms with E-state index in [-0.39, 0.29) is 11.8 Å². The quantitative estimate of drug-likeness (QED) is 0.377. The van der Waals surface area contributed by atoms with Crippen molar-refractivity contribution < 1.29 is 4.79 Å². The lowest BCUT2D eigenvalue weighted by Crippen LogP contribution is -2.22. The predicted molar refractivity (Wildman–Crippen MR) is 129 cm³/mol. The highest BCUT2D eigenvalue weighted by Gasteiger charge is 2.22. The van der Waals surface area contributed by atoms with Gasteiger partial charge in [-0.15, -0.1) is 0 Å². The van der Waals surface area contributed by atoms with Crippen LogP contribution in [0.3, 0.4) is 0 Å². The Morgan fingerprint density at radius 1 is 0.812 bits per heavy atom. The van der Waals surface area contributed by atoms with Gasteiger partial charge in [-0.05, 0) is 41.8 Å². The van der Waals surface area contributed by atoms with Crippen LogP contribution in [0.4, 0.5) is 5.69 Å². The lowest BCUT2D eigenvalue weighted by atomic mass is 9.90. The zero-order chi connectivity index (χ0) is 21.9. The molecular formula is C28H23N3O. The molecule has 1 amide bonds. The van der Waals surface area contributed by atoms with Crippen LogP contribution in [0.2, 0.25) is 0 Å². The van der Waals surface area contributed by atoms with Crippen molar-refractivity contribution in [3.63, 3.8) is 0 Å². The third-order valence-electron chi connectivity index (χ3n) is 5.55. The molecule has 156 valence electrons. The second kappa shape index (κ2) is 8.52. The van der Waals surface area contributed by atoms with Crippen LogP contribution in [0.5, 0.6) is 0 Å². The van der Waals surface area contributed by atoms with Gasteiger partial charge in [0.05, 0.1) is 11.6 Å². The highest BCUT2D eigenvalue weighted by atomic mass is 16.1. The number of imidazole rings is 1. The molecule has 4 heteroatoms. The summed E-state index contributed by atoms with van der Waals surface area (Å²) in [5, 5.41) is 3.12. The standard InChI is InChI=1S/C28H23N3O/c1-20-15-16-26-30-25(19-31(26)18-20)23-13-8-14-24(17-23)29-28(32)27(21-9-4-2-5-10-21)22-11-6-3-7-12-22/h2-19,27H,1H3,(H,29,32). The smallest absolute Gasteiger partial charge is 0.236 e. The van der Waals surface area contributed by atoms with Crippen molar-refractivity contribution in [2.45, 2.75) is 12.8 Å². The average Bonchev–Trinajstić information content (AvgIpc) is 3.24. The predicted octanol–water partition coefficient (Wildman–Crippen LogP) is 6.08. The Bertz CT molecular complexity index is 1330. The number of anilines is 1. The molecule has 0 saturated carbocycles. The Morgan fingerprint density at radius 3 is 2.19 bits per heavy atom. The van der Waals surface area contributed by atoms with Gasteiger partial charge in [0.25, 0.3) is 0 Å². The normalized spacial score (nSPS) is 11.1. The molecular weight excluding hydrogens is 394 g/mol. The summed E-state index contributed by atoms with van der Waals surface area (Å²) < 4.78 is 2.02. The second-order valence-corrected chi connectivity index (χ2v) is 7.92. The van der Waals surface area contributed by atoms with Gasteiger partial charge in [-0.25, -0.2) is 4.98 Å². The van der Waals surface area contributed by atoms with Crippen LogP contribution < -0.4 is 5.32 Å². The lowest BCUT2D eigenvalue weighted by Gasteiger charge is -2.18. The number of aryl methyl sites for hydroxylation is 1. The summed E-state index contributed by atoms with van der Waals surface area (Å²) in [6, 6.07) is 31.6. The number of fused-ring (bicyclic) bond motifs is 1. The van der Waals surface area contributed by atoms with E-state index in [1.54, 1.807) is 0 Å². The van der Waals surface area contributed by atoms with Gasteiger partial charge in [-0.3, -0.25) is 4.79 Å². The van der Waals surface area contributed by atoms with Crippen molar-refractivity contribution in [3.8, 4) is 11.3 Å². The number of hydrogen-bond donors (Lipinski definition) is 1. The van der Waals surface area contributed by atoms with Crippen LogP contribution in [0.1, 0.15) is 22.6 Å². The van der Waals surface area contributed by atoms with E-state index in [1.165, 1.54) is 5.56 Å². The van der Waals surface area contributed by atoms with Crippen molar-refractivity contribution in [1.29, 1.82) is 0 Å². The fourth-order valence-electron chi connectivity index (χ4n) is 4.00. The topological polar surface area (TPSA) is 46.4 Å². The van der Waals surface area contributed by atoms with Gasteiger partial charge >= 0.3 is 0 Å². The fourth-order valence-corrected chi connectivity index (χ4v) is 4.00. The van der Waals surface area contributed by atoms with E-state index < -0.39 is 0 Å². The lowest BCUT2D eigenvalue weighted by molar-refractivity contribution is -0.116. The number of amides is 1. The fraction of sp³-hybridized carbons (Fsp3) is 0.0714. The molecule has 0 aliphatic rings. The van der Waals surface area contributed by atoms with Crippen LogP contribution >= 0.6 is 0 Å². The van der Waals surface area contributed by atoms with Gasteiger partial charge in [0.15, 0.2) is 0 Å². The van der Waals surface area contributed by atoms with Crippen LogP contribution in [0.25, 0.3) is 16.9 Å². The Balaban J connectivity index is 1.45. The molecule has 0 unspecified atom stereocenters. The van der Waals surface area contributed by atoms with E-state index >= 15 is 0 Å². The first-order valence-electron chi connectivity index (χ1n) is 10.6. The molecule has 4 nitrogen and oxygen atoms in total. The number of carbonyl (C=O) groups is 1. The Morgan fingerprint density at radius 2 is 1.50 bits per heavy atom. The summed E-state index contributed by atoms with van der Waals surface area (Å²) in [5.41, 5.74) is 6.57. The number of pyridine rings is 1. The monoisotopic (exact) mass is 417 g/mol. The van der Waals surface area contributed by atoms with Gasteiger partial charge in [0.2, 0.25) is 5.91 Å². The number of hydrogen-bond acceptors (Lipinski definition) is 2. The molecule has 2 aromatic heterocycles. The molecule has 32 heavy (non-hydrogen) atoms. The zero-order valence-corrected chi connectivity index (χ0v) is 17.8. The molecule has 0 aliphatic carbocycles. The summed E-state index contributed by atoms with van der Waals surface area (Å²) in [4.78, 5) is 18.1. The summed E-state index contributed by atoms with van der Waals surface area (Å²) in [5.74, 6) is -0.454. The third-order valence-corrected chi connectivity index (χ3v) is 5.55. The number of nitrogens with one attached hydrogen (secondary N) is 1. The van der Waals surface area contributed by atoms with Gasteiger partial charge < -0.3 is 9.72 Å². The van der Waals surface area contributed by atoms with Crippen molar-refractivity contribution in [1.82, 2.24) is 9.38 Å². The largest absolute Gasteiger partial charge is 0.325 e. The van der Waals surface area contributed by atoms with Gasteiger partial charge in [-0.1, -0.05) is 78.9 Å². The summed E-state index contributed by atoms with van der Waals surface area (Å²) >= 11 is 0. The molecule has 0 bridgehead atoms. The molecule has 3 aromatic carbocycles. The summed E-state index contributed by atoms with van der Waals surface area (Å²) in [6.07, 6.45) is 4.07. The zero-order valence-electron chi connectivity index (χ0n) is 17.8. The van der Waals surface area contributed by atoms with E-state index in [2.05, 4.69) is 24.5 Å². The molecule has 2 heterocycles. The van der Waals surface area contributed by atoms with Gasteiger partial charge in [0, 0.05) is 23.6 Å². The van der Waals surface area contributed by atoms with Crippen LogP contribution in [0.15, 0.2) is 109 Å². The Kier molecular flexibility index (Phi) is 5.26. The number of benzene rings is 3. The number of nitrogens with zero attached hydrogens (tertiary/aromatic N) is 2. The average molecular weight is 418 g/mol. The Hall–Kier alpha value is -4.18. The summed E-state index contributed by atoms with van der Waals surface area (Å²) in [6.45, 7) is 2.06. The molecule has 0 spiro atoms. The van der Waals surface area contributed by atoms with Gasteiger partial charge in [0.1, 0.15) is 5.65 Å². The first-order chi connectivity index (χ1) is 15.7. The summed E-state index contributed by atoms with van der Waals surface area (Å²) in [7, 11) is 0. The highest BCUT2D eigenvalue weighted by Crippen LogP contribution is 2.28. The molecule has 0 atom stereocenters. The van der Waals surface area contributed by atoms with Crippen LogP contribution in [-0.2, 0) is 4.79 Å². The highest BCUT2D eigenvalue weighted by molar-refractivity contribution is 5.98. The van der Waals surface area contributed by atoms with Gasteiger partial charge in [-0.2, -0.15) is 0 Å². The van der Waals surface area contributed by atoms with E-state index in [0.717, 1.165) is 33.7 Å². The van der Waals surface area contributed by atoms with E-state index in [4.69, 9.17) is 4.98 Å². The van der Waals surface area contributed by atoms with Crippen LogP contribution in [-0.4, -0.2) is 15.3 Å². The van der Waals surface area contributed by atoms with Crippen molar-refractivity contribution >= 4 is 17.2 Å². The molecule has 5 rings (SSSR count). The SMILES string of the molecule is Cc1ccc2nc(-c3cccc(NC(=O)C(c4ccccc4)c4ccccc4)c3)cn2c1. The molecule has 1 N–H and O–H groups in total. The third kappa shape index (κ3) is 4.03. The maximum absolute atomic E-state index is 13.4. The molecule has 0 aliphatic heterocycles. The maximum atomic E-state index is 13.4. The minimum absolute atomic E-state index is 0.0647. The second-order valence-electron chi connectivity index (χ2n) is 7.92. The Labute approximate surface area is 187 Å². The van der Waals surface area contributed by atoms with E-state index in [0.29, 0.717) is 0 Å².